The van der Waals surface area contributed by atoms with E-state index >= 15 is 0 Å². The van der Waals surface area contributed by atoms with Gasteiger partial charge in [0.25, 0.3) is 0 Å². The van der Waals surface area contributed by atoms with Crippen molar-refractivity contribution in [2.45, 2.75) is 25.2 Å². The molecule has 0 aromatic heterocycles. The van der Waals surface area contributed by atoms with Crippen LogP contribution in [0.5, 0.6) is 0 Å². The van der Waals surface area contributed by atoms with Crippen LogP contribution in [0.2, 0.25) is 0 Å². The molecule has 1 aliphatic heterocycles. The highest BCUT2D eigenvalue weighted by Gasteiger charge is 2.25. The van der Waals surface area contributed by atoms with E-state index in [1.807, 2.05) is 48.5 Å². The molecule has 5 aromatic carbocycles. The van der Waals surface area contributed by atoms with Gasteiger partial charge in [0.15, 0.2) is 0 Å². The molecule has 2 unspecified atom stereocenters. The molecule has 0 bridgehead atoms. The number of rotatable bonds is 4. The molecule has 0 radical (unpaired) electrons. The zero-order valence-corrected chi connectivity index (χ0v) is 21.0. The van der Waals surface area contributed by atoms with Gasteiger partial charge in [-0.1, -0.05) is 97.1 Å². The topological polar surface area (TPSA) is 52.5 Å². The number of hydrogen-bond donors (Lipinski definition) is 3. The Balaban J connectivity index is 0.00000253. The van der Waals surface area contributed by atoms with Gasteiger partial charge in [0.2, 0.25) is 0 Å². The number of benzene rings is 5. The molecule has 0 amide bonds. The maximum Gasteiger partial charge on any atom is 0.105 e. The van der Waals surface area contributed by atoms with Crippen LogP contribution in [0.4, 0.5) is 0 Å². The average molecular weight is 526 g/mol. The van der Waals surface area contributed by atoms with Crippen LogP contribution in [0.25, 0.3) is 21.5 Å². The molecule has 35 heavy (non-hydrogen) atoms. The fourth-order valence-electron chi connectivity index (χ4n) is 5.36. The van der Waals surface area contributed by atoms with Crippen molar-refractivity contribution in [2.75, 3.05) is 6.54 Å². The van der Waals surface area contributed by atoms with Crippen LogP contribution in [0.1, 0.15) is 45.6 Å². The van der Waals surface area contributed by atoms with Gasteiger partial charge in [-0.2, -0.15) is 0 Å². The van der Waals surface area contributed by atoms with E-state index in [2.05, 4.69) is 53.8 Å². The number of halogens is 1. The van der Waals surface area contributed by atoms with Crippen molar-refractivity contribution in [3.8, 4) is 0 Å². The summed E-state index contributed by atoms with van der Waals surface area (Å²) in [6.07, 6.45) is -0.779. The zero-order valence-electron chi connectivity index (χ0n) is 19.3. The second-order valence-corrected chi connectivity index (χ2v) is 9.12. The summed E-state index contributed by atoms with van der Waals surface area (Å²) in [5.74, 6) is 0. The van der Waals surface area contributed by atoms with Gasteiger partial charge in [-0.3, -0.25) is 0 Å². The van der Waals surface area contributed by atoms with E-state index in [9.17, 15) is 10.2 Å². The molecule has 2 atom stereocenters. The fraction of sp³-hybridized carbons (Fsp3) is 0.161. The summed E-state index contributed by atoms with van der Waals surface area (Å²) in [7, 11) is 0. The van der Waals surface area contributed by atoms with Crippen LogP contribution in [0, 0.1) is 0 Å². The Kier molecular flexibility index (Phi) is 6.72. The van der Waals surface area contributed by atoms with E-state index in [-0.39, 0.29) is 17.0 Å². The number of aliphatic hydroxyl groups excluding tert-OH is 2. The molecule has 0 fully saturated rings. The molecule has 6 rings (SSSR count). The molecule has 0 saturated carbocycles. The van der Waals surface area contributed by atoms with Crippen molar-refractivity contribution in [3.63, 3.8) is 0 Å². The van der Waals surface area contributed by atoms with Crippen LogP contribution in [-0.4, -0.2) is 16.8 Å². The molecule has 176 valence electrons. The van der Waals surface area contributed by atoms with Crippen LogP contribution >= 0.6 is 17.0 Å². The predicted octanol–water partition coefficient (Wildman–Crippen LogP) is 6.38. The maximum absolute atomic E-state index is 11.8. The third-order valence-corrected chi connectivity index (χ3v) is 7.12. The van der Waals surface area contributed by atoms with Gasteiger partial charge in [0.1, 0.15) is 12.2 Å². The second-order valence-electron chi connectivity index (χ2n) is 9.12. The Hall–Kier alpha value is -3.02. The van der Waals surface area contributed by atoms with Crippen molar-refractivity contribution in [1.29, 1.82) is 0 Å². The van der Waals surface area contributed by atoms with Crippen molar-refractivity contribution in [1.82, 2.24) is 5.32 Å². The van der Waals surface area contributed by atoms with Gasteiger partial charge in [0, 0.05) is 6.54 Å². The van der Waals surface area contributed by atoms with Crippen molar-refractivity contribution >= 4 is 38.5 Å². The van der Waals surface area contributed by atoms with Crippen LogP contribution in [0.3, 0.4) is 0 Å². The van der Waals surface area contributed by atoms with Gasteiger partial charge >= 0.3 is 0 Å². The molecule has 0 aliphatic carbocycles. The number of fused-ring (bicyclic) bond motifs is 3. The molecule has 5 aromatic rings. The lowest BCUT2D eigenvalue weighted by molar-refractivity contribution is 0.198. The minimum Gasteiger partial charge on any atom is -0.384 e. The Morgan fingerprint density at radius 2 is 1.06 bits per heavy atom. The second kappa shape index (κ2) is 9.92. The Morgan fingerprint density at radius 3 is 1.63 bits per heavy atom. The standard InChI is InChI=1S/C31H27NO2.BrH/c33-30(26-13-5-9-20-7-1-3-11-24(20)26)28-17-22-15-16-32-19-23(22)18-29(28)31(34)27-14-6-10-21-8-2-4-12-25(21)27;/h1-14,17-18,30-34H,15-16,19H2;1H. The number of nitrogens with one attached hydrogen (secondary N) is 1. The Labute approximate surface area is 215 Å². The van der Waals surface area contributed by atoms with Gasteiger partial charge in [-0.05, 0) is 67.9 Å². The first kappa shape index (κ1) is 23.7. The maximum atomic E-state index is 11.8. The van der Waals surface area contributed by atoms with Crippen molar-refractivity contribution in [3.05, 3.63) is 130 Å². The van der Waals surface area contributed by atoms with E-state index in [0.29, 0.717) is 0 Å². The minimum absolute atomic E-state index is 0. The lowest BCUT2D eigenvalue weighted by Crippen LogP contribution is -2.25. The first-order chi connectivity index (χ1) is 16.7. The van der Waals surface area contributed by atoms with Crippen molar-refractivity contribution < 1.29 is 10.2 Å². The van der Waals surface area contributed by atoms with Gasteiger partial charge in [0.05, 0.1) is 0 Å². The average Bonchev–Trinajstić information content (AvgIpc) is 2.91. The number of aliphatic hydroxyl groups is 2. The van der Waals surface area contributed by atoms with Crippen molar-refractivity contribution in [2.24, 2.45) is 0 Å². The molecule has 0 spiro atoms. The Morgan fingerprint density at radius 1 is 0.571 bits per heavy atom. The normalized spacial score (nSPS) is 14.8. The zero-order chi connectivity index (χ0) is 23.1. The highest BCUT2D eigenvalue weighted by atomic mass is 79.9. The minimum atomic E-state index is -0.849. The number of hydrogen-bond acceptors (Lipinski definition) is 3. The molecule has 4 heteroatoms. The third-order valence-electron chi connectivity index (χ3n) is 7.12. The lowest BCUT2D eigenvalue weighted by Gasteiger charge is -2.26. The summed E-state index contributed by atoms with van der Waals surface area (Å²) in [5, 5.41) is 31.2. The van der Waals surface area contributed by atoms with Crippen LogP contribution in [-0.2, 0) is 13.0 Å². The largest absolute Gasteiger partial charge is 0.384 e. The van der Waals surface area contributed by atoms with Gasteiger partial charge in [-0.15, -0.1) is 17.0 Å². The summed E-state index contributed by atoms with van der Waals surface area (Å²) < 4.78 is 0. The summed E-state index contributed by atoms with van der Waals surface area (Å²) in [5.41, 5.74) is 5.68. The SMILES string of the molecule is Br.OC(c1cc2c(cc1C(O)c1cccc3ccccc13)CNCC2)c1cccc2ccccc12. The van der Waals surface area contributed by atoms with Gasteiger partial charge in [-0.25, -0.2) is 0 Å². The highest BCUT2D eigenvalue weighted by Crippen LogP contribution is 2.38. The third kappa shape index (κ3) is 4.28. The lowest BCUT2D eigenvalue weighted by atomic mass is 9.84. The predicted molar refractivity (Wildman–Crippen MR) is 148 cm³/mol. The first-order valence-corrected chi connectivity index (χ1v) is 11.9. The fourth-order valence-corrected chi connectivity index (χ4v) is 5.36. The summed E-state index contributed by atoms with van der Waals surface area (Å²) in [6.45, 7) is 1.69. The smallest absolute Gasteiger partial charge is 0.105 e. The van der Waals surface area contributed by atoms with E-state index < -0.39 is 12.2 Å². The quantitative estimate of drug-likeness (QED) is 0.255. The highest BCUT2D eigenvalue weighted by molar-refractivity contribution is 8.93. The molecular weight excluding hydrogens is 498 g/mol. The monoisotopic (exact) mass is 525 g/mol. The molecule has 3 nitrogen and oxygen atoms in total. The molecule has 1 aliphatic rings. The van der Waals surface area contributed by atoms with E-state index in [1.54, 1.807) is 0 Å². The molecule has 1 heterocycles. The summed E-state index contributed by atoms with van der Waals surface area (Å²) in [6, 6.07) is 32.6. The van der Waals surface area contributed by atoms with E-state index in [1.165, 1.54) is 11.1 Å². The Bertz CT molecular complexity index is 1390. The van der Waals surface area contributed by atoms with Crippen LogP contribution < -0.4 is 5.32 Å². The first-order valence-electron chi connectivity index (χ1n) is 11.9. The molecule has 0 saturated heterocycles. The van der Waals surface area contributed by atoms with Crippen LogP contribution in [0.15, 0.2) is 97.1 Å². The van der Waals surface area contributed by atoms with E-state index in [4.69, 9.17) is 0 Å². The van der Waals surface area contributed by atoms with Gasteiger partial charge < -0.3 is 15.5 Å². The molecular formula is C31H28BrNO2. The summed E-state index contributed by atoms with van der Waals surface area (Å²) >= 11 is 0. The van der Waals surface area contributed by atoms with E-state index in [0.717, 1.165) is 63.3 Å². The molecule has 3 N–H and O–H groups in total. The summed E-state index contributed by atoms with van der Waals surface area (Å²) in [4.78, 5) is 0.